The van der Waals surface area contributed by atoms with Gasteiger partial charge >= 0.3 is 5.97 Å². The second-order valence-corrected chi connectivity index (χ2v) is 4.86. The topological polar surface area (TPSA) is 83.4 Å². The molecule has 1 aromatic heterocycles. The standard InChI is InChI=1S/C15H13N3O3/c19-14(20)7-10-9-18(13-4-2-1-3-11(10)13)15(21)12-8-16-5-6-17-12/h1-6,8,10H,7,9H2,(H,19,20). The third-order valence-corrected chi connectivity index (χ3v) is 3.52. The first-order valence-corrected chi connectivity index (χ1v) is 6.55. The Kier molecular flexibility index (Phi) is 3.35. The van der Waals surface area contributed by atoms with Gasteiger partial charge in [-0.05, 0) is 11.6 Å². The molecule has 0 saturated carbocycles. The van der Waals surface area contributed by atoms with Gasteiger partial charge in [-0.1, -0.05) is 18.2 Å². The van der Waals surface area contributed by atoms with Gasteiger partial charge in [0.05, 0.1) is 12.6 Å². The van der Waals surface area contributed by atoms with E-state index in [2.05, 4.69) is 9.97 Å². The fourth-order valence-electron chi connectivity index (χ4n) is 2.62. The predicted molar refractivity (Wildman–Crippen MR) is 75.1 cm³/mol. The van der Waals surface area contributed by atoms with Crippen molar-refractivity contribution in [3.05, 3.63) is 54.1 Å². The van der Waals surface area contributed by atoms with Crippen molar-refractivity contribution in [1.29, 1.82) is 0 Å². The lowest BCUT2D eigenvalue weighted by Crippen LogP contribution is -2.30. The van der Waals surface area contributed by atoms with Gasteiger partial charge in [0.25, 0.3) is 5.91 Å². The van der Waals surface area contributed by atoms with E-state index in [1.807, 2.05) is 24.3 Å². The van der Waals surface area contributed by atoms with E-state index in [0.717, 1.165) is 11.3 Å². The Morgan fingerprint density at radius 3 is 2.81 bits per heavy atom. The molecule has 3 rings (SSSR count). The normalized spacial score (nSPS) is 16.6. The summed E-state index contributed by atoms with van der Waals surface area (Å²) in [6.45, 7) is 0.348. The number of aromatic nitrogens is 2. The zero-order valence-electron chi connectivity index (χ0n) is 11.1. The summed E-state index contributed by atoms with van der Waals surface area (Å²) >= 11 is 0. The lowest BCUT2D eigenvalue weighted by atomic mass is 9.98. The van der Waals surface area contributed by atoms with Crippen LogP contribution >= 0.6 is 0 Å². The fraction of sp³-hybridized carbons (Fsp3) is 0.200. The molecule has 1 aliphatic rings. The van der Waals surface area contributed by atoms with Crippen molar-refractivity contribution in [1.82, 2.24) is 9.97 Å². The minimum Gasteiger partial charge on any atom is -0.481 e. The van der Waals surface area contributed by atoms with Crippen LogP contribution in [0.3, 0.4) is 0 Å². The maximum Gasteiger partial charge on any atom is 0.304 e. The molecule has 0 aliphatic carbocycles. The number of fused-ring (bicyclic) bond motifs is 1. The van der Waals surface area contributed by atoms with E-state index in [1.165, 1.54) is 18.6 Å². The van der Waals surface area contributed by atoms with E-state index in [1.54, 1.807) is 4.90 Å². The van der Waals surface area contributed by atoms with Gasteiger partial charge in [-0.2, -0.15) is 0 Å². The summed E-state index contributed by atoms with van der Waals surface area (Å²) in [5, 5.41) is 9.02. The van der Waals surface area contributed by atoms with Crippen molar-refractivity contribution in [2.75, 3.05) is 11.4 Å². The molecule has 0 radical (unpaired) electrons. The van der Waals surface area contributed by atoms with E-state index >= 15 is 0 Å². The molecule has 21 heavy (non-hydrogen) atoms. The van der Waals surface area contributed by atoms with Crippen molar-refractivity contribution in [2.24, 2.45) is 0 Å². The van der Waals surface area contributed by atoms with Crippen LogP contribution in [0, 0.1) is 0 Å². The molecule has 0 fully saturated rings. The predicted octanol–water partition coefficient (Wildman–Crippen LogP) is 1.70. The van der Waals surface area contributed by atoms with Gasteiger partial charge in [0.1, 0.15) is 5.69 Å². The molecule has 0 saturated heterocycles. The molecule has 1 N–H and O–H groups in total. The highest BCUT2D eigenvalue weighted by atomic mass is 16.4. The minimum absolute atomic E-state index is 0.00125. The Hall–Kier alpha value is -2.76. The van der Waals surface area contributed by atoms with Crippen LogP contribution in [-0.2, 0) is 4.79 Å². The van der Waals surface area contributed by atoms with E-state index in [-0.39, 0.29) is 23.9 Å². The third-order valence-electron chi connectivity index (χ3n) is 3.52. The molecule has 6 heteroatoms. The highest BCUT2D eigenvalue weighted by molar-refractivity contribution is 6.06. The first kappa shape index (κ1) is 13.2. The molecule has 6 nitrogen and oxygen atoms in total. The summed E-state index contributed by atoms with van der Waals surface area (Å²) in [6.07, 6.45) is 4.38. The smallest absolute Gasteiger partial charge is 0.304 e. The first-order valence-electron chi connectivity index (χ1n) is 6.55. The summed E-state index contributed by atoms with van der Waals surface area (Å²) in [5.41, 5.74) is 1.89. The third kappa shape index (κ3) is 2.47. The maximum absolute atomic E-state index is 12.5. The number of benzene rings is 1. The largest absolute Gasteiger partial charge is 0.481 e. The number of para-hydroxylation sites is 1. The number of hydrogen-bond donors (Lipinski definition) is 1. The number of amides is 1. The Morgan fingerprint density at radius 2 is 2.10 bits per heavy atom. The SMILES string of the molecule is O=C(O)CC1CN(C(=O)c2cnccn2)c2ccccc21. The van der Waals surface area contributed by atoms with Gasteiger partial charge in [0, 0.05) is 30.5 Å². The monoisotopic (exact) mass is 283 g/mol. The Bertz CT molecular complexity index is 688. The van der Waals surface area contributed by atoms with Crippen LogP contribution in [0.15, 0.2) is 42.9 Å². The van der Waals surface area contributed by atoms with Gasteiger partial charge in [-0.25, -0.2) is 4.98 Å². The van der Waals surface area contributed by atoms with Crippen molar-refractivity contribution in [3.8, 4) is 0 Å². The van der Waals surface area contributed by atoms with Crippen LogP contribution in [-0.4, -0.2) is 33.5 Å². The maximum atomic E-state index is 12.5. The van der Waals surface area contributed by atoms with Crippen molar-refractivity contribution in [2.45, 2.75) is 12.3 Å². The van der Waals surface area contributed by atoms with Crippen LogP contribution in [0.2, 0.25) is 0 Å². The van der Waals surface area contributed by atoms with E-state index < -0.39 is 5.97 Å². The number of carbonyl (C=O) groups is 2. The average molecular weight is 283 g/mol. The number of carbonyl (C=O) groups excluding carboxylic acids is 1. The van der Waals surface area contributed by atoms with E-state index in [4.69, 9.17) is 5.11 Å². The van der Waals surface area contributed by atoms with Crippen LogP contribution in [0.1, 0.15) is 28.4 Å². The summed E-state index contributed by atoms with van der Waals surface area (Å²) in [7, 11) is 0. The molecule has 1 aromatic carbocycles. The summed E-state index contributed by atoms with van der Waals surface area (Å²) in [5.74, 6) is -1.33. The number of aliphatic carboxylic acids is 1. The average Bonchev–Trinajstić information content (AvgIpc) is 2.86. The van der Waals surface area contributed by atoms with Crippen LogP contribution in [0.4, 0.5) is 5.69 Å². The minimum atomic E-state index is -0.872. The molecule has 0 bridgehead atoms. The molecule has 1 atom stereocenters. The molecular formula is C15H13N3O3. The van der Waals surface area contributed by atoms with Gasteiger partial charge in [-0.3, -0.25) is 14.6 Å². The number of nitrogens with zero attached hydrogens (tertiary/aromatic N) is 3. The van der Waals surface area contributed by atoms with Gasteiger partial charge in [0.15, 0.2) is 0 Å². The Morgan fingerprint density at radius 1 is 1.29 bits per heavy atom. The molecule has 2 heterocycles. The summed E-state index contributed by atoms with van der Waals surface area (Å²) < 4.78 is 0. The number of rotatable bonds is 3. The van der Waals surface area contributed by atoms with Crippen LogP contribution < -0.4 is 4.90 Å². The number of carboxylic acids is 1. The number of carboxylic acid groups (broad SMARTS) is 1. The second kappa shape index (κ2) is 5.32. The van der Waals surface area contributed by atoms with Crippen molar-refractivity contribution >= 4 is 17.6 Å². The number of hydrogen-bond acceptors (Lipinski definition) is 4. The van der Waals surface area contributed by atoms with Gasteiger partial charge in [-0.15, -0.1) is 0 Å². The van der Waals surface area contributed by atoms with Gasteiger partial charge < -0.3 is 10.0 Å². The highest BCUT2D eigenvalue weighted by Gasteiger charge is 2.34. The summed E-state index contributed by atoms with van der Waals surface area (Å²) in [6, 6.07) is 7.38. The zero-order valence-corrected chi connectivity index (χ0v) is 11.1. The lowest BCUT2D eigenvalue weighted by Gasteiger charge is -2.16. The van der Waals surface area contributed by atoms with Crippen LogP contribution in [0.5, 0.6) is 0 Å². The zero-order chi connectivity index (χ0) is 14.8. The molecule has 1 unspecified atom stereocenters. The van der Waals surface area contributed by atoms with E-state index in [0.29, 0.717) is 6.54 Å². The molecule has 106 valence electrons. The Labute approximate surface area is 121 Å². The van der Waals surface area contributed by atoms with E-state index in [9.17, 15) is 9.59 Å². The van der Waals surface area contributed by atoms with Crippen molar-refractivity contribution < 1.29 is 14.7 Å². The molecule has 1 amide bonds. The van der Waals surface area contributed by atoms with Gasteiger partial charge in [0.2, 0.25) is 0 Å². The molecule has 1 aliphatic heterocycles. The van der Waals surface area contributed by atoms with Crippen molar-refractivity contribution in [3.63, 3.8) is 0 Å². The fourth-order valence-corrected chi connectivity index (χ4v) is 2.62. The quantitative estimate of drug-likeness (QED) is 0.926. The first-order chi connectivity index (χ1) is 10.2. The lowest BCUT2D eigenvalue weighted by molar-refractivity contribution is -0.137. The number of anilines is 1. The second-order valence-electron chi connectivity index (χ2n) is 4.86. The van der Waals surface area contributed by atoms with Crippen LogP contribution in [0.25, 0.3) is 0 Å². The Balaban J connectivity index is 1.94. The highest BCUT2D eigenvalue weighted by Crippen LogP contribution is 2.38. The molecule has 2 aromatic rings. The molecular weight excluding hydrogens is 270 g/mol. The summed E-state index contributed by atoms with van der Waals surface area (Å²) in [4.78, 5) is 33.0. The molecule has 0 spiro atoms.